The van der Waals surface area contributed by atoms with E-state index in [2.05, 4.69) is 40.9 Å². The minimum Gasteiger partial charge on any atom is -0.493 e. The van der Waals surface area contributed by atoms with Crippen molar-refractivity contribution >= 4 is 29.9 Å². The van der Waals surface area contributed by atoms with Crippen LogP contribution in [0.4, 0.5) is 5.69 Å². The first-order chi connectivity index (χ1) is 22.3. The Kier molecular flexibility index (Phi) is 11.4. The van der Waals surface area contributed by atoms with Gasteiger partial charge in [0.15, 0.2) is 11.3 Å². The molecule has 2 heterocycles. The first-order valence-electron chi connectivity index (χ1n) is 15.2. The number of esters is 1. The first-order valence-corrected chi connectivity index (χ1v) is 15.2. The predicted octanol–water partition coefficient (Wildman–Crippen LogP) is 8.60. The number of rotatable bonds is 13. The third-order valence-electron chi connectivity index (χ3n) is 7.50. The van der Waals surface area contributed by atoms with E-state index in [9.17, 15) is 15.3 Å². The molecule has 0 amide bonds. The van der Waals surface area contributed by atoms with Crippen LogP contribution in [0.25, 0.3) is 23.1 Å². The van der Waals surface area contributed by atoms with E-state index < -0.39 is 5.60 Å². The summed E-state index contributed by atoms with van der Waals surface area (Å²) in [5.41, 5.74) is 2.39. The van der Waals surface area contributed by atoms with Crippen molar-refractivity contribution in [2.45, 2.75) is 45.6 Å². The molecule has 0 unspecified atom stereocenters. The van der Waals surface area contributed by atoms with Crippen LogP contribution in [0, 0.1) is 29.2 Å². The molecule has 232 valence electrons. The molecule has 0 atom stereocenters. The Morgan fingerprint density at radius 1 is 0.935 bits per heavy atom. The van der Waals surface area contributed by atoms with Crippen LogP contribution in [0.3, 0.4) is 0 Å². The number of unbranched alkanes of at least 4 members (excludes halogenated alkanes) is 2. The van der Waals surface area contributed by atoms with Crippen LogP contribution >= 0.6 is 0 Å². The van der Waals surface area contributed by atoms with Gasteiger partial charge in [-0.25, -0.2) is 9.64 Å². The number of furan rings is 1. The average Bonchev–Trinajstić information content (AvgIpc) is 3.63. The van der Waals surface area contributed by atoms with Crippen LogP contribution in [0.5, 0.6) is 0 Å². The lowest BCUT2D eigenvalue weighted by Gasteiger charge is -2.23. The third kappa shape index (κ3) is 8.44. The smallest absolute Gasteiger partial charge is 0.338 e. The monoisotopic (exact) mass is 612 g/mol. The molecule has 0 N–H and O–H groups in total. The highest BCUT2D eigenvalue weighted by molar-refractivity contribution is 5.89. The molecule has 1 aromatic heterocycles. The van der Waals surface area contributed by atoms with Crippen LogP contribution in [-0.2, 0) is 9.47 Å². The van der Waals surface area contributed by atoms with E-state index >= 15 is 0 Å². The van der Waals surface area contributed by atoms with Gasteiger partial charge in [0, 0.05) is 24.4 Å². The number of benzene rings is 2. The van der Waals surface area contributed by atoms with Crippen molar-refractivity contribution < 1.29 is 18.7 Å². The van der Waals surface area contributed by atoms with Gasteiger partial charge in [0.2, 0.25) is 5.70 Å². The van der Waals surface area contributed by atoms with Gasteiger partial charge in [-0.3, -0.25) is 0 Å². The Hall–Kier alpha value is -5.78. The molecule has 8 heteroatoms. The molecule has 0 spiro atoms. The molecule has 3 aromatic rings. The summed E-state index contributed by atoms with van der Waals surface area (Å²) >= 11 is 0. The zero-order valence-corrected chi connectivity index (χ0v) is 26.3. The third-order valence-corrected chi connectivity index (χ3v) is 7.50. The van der Waals surface area contributed by atoms with Gasteiger partial charge < -0.3 is 18.8 Å². The van der Waals surface area contributed by atoms with Crippen molar-refractivity contribution in [3.63, 3.8) is 0 Å². The molecule has 0 radical (unpaired) electrons. The van der Waals surface area contributed by atoms with Crippen molar-refractivity contribution in [1.29, 1.82) is 10.5 Å². The fourth-order valence-electron chi connectivity index (χ4n) is 5.01. The fraction of sp³-hybridized carbons (Fsp3) is 0.263. The molecule has 4 rings (SSSR count). The lowest BCUT2D eigenvalue weighted by Crippen LogP contribution is -2.23. The summed E-state index contributed by atoms with van der Waals surface area (Å²) in [6.45, 7) is 15.5. The molecular formula is C38H36N4O4. The van der Waals surface area contributed by atoms with E-state index in [1.807, 2.05) is 42.5 Å². The van der Waals surface area contributed by atoms with Gasteiger partial charge in [0.25, 0.3) is 0 Å². The highest BCUT2D eigenvalue weighted by atomic mass is 16.5. The van der Waals surface area contributed by atoms with E-state index in [1.54, 1.807) is 50.3 Å². The Bertz CT molecular complexity index is 1760. The second kappa shape index (κ2) is 15.8. The second-order valence-corrected chi connectivity index (χ2v) is 11.1. The number of carbonyl (C=O) groups is 1. The Morgan fingerprint density at radius 3 is 2.24 bits per heavy atom. The number of allylic oxidation sites excluding steroid dienone is 1. The summed E-state index contributed by atoms with van der Waals surface area (Å²) in [6.07, 6.45) is 10.2. The molecule has 1 aliphatic rings. The summed E-state index contributed by atoms with van der Waals surface area (Å²) < 4.78 is 17.1. The summed E-state index contributed by atoms with van der Waals surface area (Å²) in [5.74, 6) is 1.00. The van der Waals surface area contributed by atoms with Crippen molar-refractivity contribution in [3.8, 4) is 12.1 Å². The maximum absolute atomic E-state index is 12.1. The van der Waals surface area contributed by atoms with Crippen LogP contribution in [0.1, 0.15) is 67.5 Å². The van der Waals surface area contributed by atoms with Gasteiger partial charge >= 0.3 is 5.97 Å². The van der Waals surface area contributed by atoms with Gasteiger partial charge in [0.05, 0.1) is 18.7 Å². The largest absolute Gasteiger partial charge is 0.493 e. The Balaban J connectivity index is 1.29. The van der Waals surface area contributed by atoms with Crippen LogP contribution in [0.2, 0.25) is 0 Å². The SMILES string of the molecule is [C-]#[N+]C1=C(/C=C/c2ccc(/C=C/c3ccc(N(CC)CCCCCOC(=O)c4ccccc4)cc3)o2)C(C)(C)OC1=C(C#N)C#N. The number of hydrogen-bond donors (Lipinski definition) is 0. The van der Waals surface area contributed by atoms with Crippen molar-refractivity contribution in [3.05, 3.63) is 129 Å². The summed E-state index contributed by atoms with van der Waals surface area (Å²) in [5, 5.41) is 18.5. The molecule has 8 nitrogen and oxygen atoms in total. The normalized spacial score (nSPS) is 13.7. The van der Waals surface area contributed by atoms with E-state index in [4.69, 9.17) is 20.5 Å². The molecule has 0 fully saturated rings. The molecule has 1 aliphatic heterocycles. The minimum absolute atomic E-state index is 0.0137. The van der Waals surface area contributed by atoms with Gasteiger partial charge in [-0.15, -0.1) is 0 Å². The number of nitrogens with zero attached hydrogens (tertiary/aromatic N) is 4. The zero-order chi connectivity index (χ0) is 32.9. The highest BCUT2D eigenvalue weighted by Gasteiger charge is 2.38. The molecular weight excluding hydrogens is 576 g/mol. The Morgan fingerprint density at radius 2 is 1.61 bits per heavy atom. The summed E-state index contributed by atoms with van der Waals surface area (Å²) in [6, 6.07) is 24.7. The fourth-order valence-corrected chi connectivity index (χ4v) is 5.01. The van der Waals surface area contributed by atoms with Crippen LogP contribution < -0.4 is 4.90 Å². The second-order valence-electron chi connectivity index (χ2n) is 11.1. The first kappa shape index (κ1) is 33.1. The van der Waals surface area contributed by atoms with Crippen molar-refractivity contribution in [1.82, 2.24) is 0 Å². The molecule has 0 aliphatic carbocycles. The van der Waals surface area contributed by atoms with Crippen molar-refractivity contribution in [2.24, 2.45) is 0 Å². The van der Waals surface area contributed by atoms with E-state index in [0.717, 1.165) is 43.6 Å². The quantitative estimate of drug-likeness (QED) is 0.0824. The maximum Gasteiger partial charge on any atom is 0.338 e. The van der Waals surface area contributed by atoms with Gasteiger partial charge in [-0.2, -0.15) is 10.5 Å². The molecule has 2 aromatic carbocycles. The minimum atomic E-state index is -0.876. The van der Waals surface area contributed by atoms with Gasteiger partial charge in [0.1, 0.15) is 29.3 Å². The number of carbonyl (C=O) groups excluding carboxylic acids is 1. The molecule has 0 saturated heterocycles. The molecule has 0 bridgehead atoms. The van der Waals surface area contributed by atoms with Crippen LogP contribution in [0.15, 0.2) is 99.8 Å². The van der Waals surface area contributed by atoms with Crippen LogP contribution in [-0.4, -0.2) is 31.3 Å². The molecule has 0 saturated carbocycles. The number of hydrogen-bond acceptors (Lipinski definition) is 7. The Labute approximate surface area is 270 Å². The summed E-state index contributed by atoms with van der Waals surface area (Å²) in [4.78, 5) is 17.9. The zero-order valence-electron chi connectivity index (χ0n) is 26.3. The molecule has 46 heavy (non-hydrogen) atoms. The standard InChI is InChI=1S/C38H36N4O4/c1-5-42(24-10-7-11-25-44-37(43)29-12-8-6-9-13-29)31-17-14-28(15-18-31)16-19-32-20-21-33(45-32)22-23-34-35(41-4)36(30(26-39)27-40)46-38(34,2)3/h6,8-9,12-23H,5,7,10-11,24-25H2,1-3H3/b19-16+,23-22+. The van der Waals surface area contributed by atoms with Gasteiger partial charge in [-0.05, 0) is 94.1 Å². The lowest BCUT2D eigenvalue weighted by molar-refractivity contribution is 0.0498. The highest BCUT2D eigenvalue weighted by Crippen LogP contribution is 2.41. The lowest BCUT2D eigenvalue weighted by atomic mass is 9.97. The van der Waals surface area contributed by atoms with Crippen molar-refractivity contribution in [2.75, 3.05) is 24.6 Å². The van der Waals surface area contributed by atoms with E-state index in [1.165, 1.54) is 0 Å². The number of nitriles is 2. The average molecular weight is 613 g/mol. The van der Waals surface area contributed by atoms with E-state index in [-0.39, 0.29) is 23.0 Å². The number of anilines is 1. The van der Waals surface area contributed by atoms with Gasteiger partial charge in [-0.1, -0.05) is 42.5 Å². The predicted molar refractivity (Wildman–Crippen MR) is 179 cm³/mol. The topological polar surface area (TPSA) is 104 Å². The van der Waals surface area contributed by atoms with E-state index in [0.29, 0.717) is 29.3 Å². The number of ether oxygens (including phenoxy) is 2. The summed E-state index contributed by atoms with van der Waals surface area (Å²) in [7, 11) is 0. The maximum atomic E-state index is 12.1.